The smallest absolute Gasteiger partial charge is 0.345 e. The molecule has 0 radical (unpaired) electrons. The van der Waals surface area contributed by atoms with Crippen LogP contribution in [0.5, 0.6) is 40.2 Å². The maximum absolute atomic E-state index is 12.7. The predicted octanol–water partition coefficient (Wildman–Crippen LogP) is 2.57. The number of aliphatic hydroxyl groups excluding tert-OH is 1. The number of carbonyl (C=O) groups excluding carboxylic acids is 5. The van der Waals surface area contributed by atoms with Gasteiger partial charge in [-0.05, 0) is 31.0 Å². The Balaban J connectivity index is 2.07. The van der Waals surface area contributed by atoms with Gasteiger partial charge in [0.05, 0.1) is 30.9 Å². The zero-order chi connectivity index (χ0) is 32.8. The minimum Gasteiger partial charge on any atom is -0.507 e. The molecule has 6 N–H and O–H groups in total. The van der Waals surface area contributed by atoms with Crippen molar-refractivity contribution in [2.75, 3.05) is 14.2 Å². The van der Waals surface area contributed by atoms with Crippen LogP contribution in [0, 0.1) is 13.8 Å². The average Bonchev–Trinajstić information content (AvgIpc) is 3.27. The first-order chi connectivity index (χ1) is 20.7. The molecule has 0 aliphatic carbocycles. The molecule has 0 amide bonds. The predicted molar refractivity (Wildman–Crippen MR) is 144 cm³/mol. The van der Waals surface area contributed by atoms with E-state index in [1.54, 1.807) is 0 Å². The third-order valence-electron chi connectivity index (χ3n) is 7.14. The Kier molecular flexibility index (Phi) is 8.10. The van der Waals surface area contributed by atoms with E-state index in [1.807, 2.05) is 0 Å². The second-order valence-electron chi connectivity index (χ2n) is 9.47. The van der Waals surface area contributed by atoms with Gasteiger partial charge in [-0.3, -0.25) is 9.59 Å². The number of fused-ring (bicyclic) bond motifs is 1. The number of carbonyl (C=O) groups is 5. The molecule has 0 saturated carbocycles. The number of rotatable bonds is 8. The van der Waals surface area contributed by atoms with Crippen molar-refractivity contribution in [1.82, 2.24) is 0 Å². The van der Waals surface area contributed by atoms with Gasteiger partial charge in [0, 0.05) is 17.5 Å². The molecule has 15 nitrogen and oxygen atoms in total. The summed E-state index contributed by atoms with van der Waals surface area (Å²) in [6, 6.07) is 1.07. The van der Waals surface area contributed by atoms with Crippen LogP contribution < -0.4 is 4.74 Å². The number of ether oxygens (including phenoxy) is 4. The van der Waals surface area contributed by atoms with Crippen LogP contribution in [0.15, 0.2) is 6.07 Å². The molecule has 0 saturated heterocycles. The number of esters is 3. The number of phenols is 5. The Hall–Kier alpha value is -5.83. The van der Waals surface area contributed by atoms with Crippen LogP contribution >= 0.6 is 0 Å². The van der Waals surface area contributed by atoms with Crippen LogP contribution in [0.2, 0.25) is 0 Å². The number of phenolic OH excluding ortho intramolecular Hbond substituents is 5. The Morgan fingerprint density at radius 2 is 1.43 bits per heavy atom. The van der Waals surface area contributed by atoms with Crippen LogP contribution in [0.3, 0.4) is 0 Å². The maximum Gasteiger partial charge on any atom is 0.345 e. The van der Waals surface area contributed by atoms with Crippen molar-refractivity contribution in [3.8, 4) is 40.2 Å². The summed E-state index contributed by atoms with van der Waals surface area (Å²) in [5.41, 5.74) is -4.57. The minimum atomic E-state index is -2.13. The topological polar surface area (TPSA) is 244 Å². The number of aliphatic hydroxyl groups is 1. The first kappa shape index (κ1) is 31.1. The summed E-state index contributed by atoms with van der Waals surface area (Å²) < 4.78 is 20.0. The van der Waals surface area contributed by atoms with Crippen molar-refractivity contribution in [1.29, 1.82) is 0 Å². The summed E-state index contributed by atoms with van der Waals surface area (Å²) in [4.78, 5) is 61.4. The highest BCUT2D eigenvalue weighted by Gasteiger charge is 2.41. The van der Waals surface area contributed by atoms with E-state index in [1.165, 1.54) is 13.8 Å². The molecule has 3 aromatic rings. The number of methoxy groups -OCH3 is 2. The normalized spacial score (nSPS) is 13.6. The number of aldehydes is 2. The fourth-order valence-electron chi connectivity index (χ4n) is 4.94. The zero-order valence-electron chi connectivity index (χ0n) is 23.4. The van der Waals surface area contributed by atoms with Crippen LogP contribution in [-0.2, 0) is 20.6 Å². The molecule has 1 aliphatic heterocycles. The van der Waals surface area contributed by atoms with Gasteiger partial charge in [0.15, 0.2) is 29.8 Å². The fourth-order valence-corrected chi connectivity index (χ4v) is 4.94. The number of benzene rings is 3. The molecule has 230 valence electrons. The van der Waals surface area contributed by atoms with Gasteiger partial charge in [-0.25, -0.2) is 14.4 Å². The summed E-state index contributed by atoms with van der Waals surface area (Å²) >= 11 is 0. The van der Waals surface area contributed by atoms with Crippen LogP contribution in [0.25, 0.3) is 0 Å². The number of cyclic esters (lactones) is 1. The maximum atomic E-state index is 12.7. The first-order valence-corrected chi connectivity index (χ1v) is 12.4. The molecule has 0 bridgehead atoms. The summed E-state index contributed by atoms with van der Waals surface area (Å²) in [7, 11) is 2.01. The van der Waals surface area contributed by atoms with E-state index in [2.05, 4.69) is 4.74 Å². The SMILES string of the molecule is COC(=O)c1c(C)c(Cc2c(O)c(Oc3c(C=O)c(O)cc(C)c3C(=O)OC)c3c(c2O)C(=O)O[C@@H]3O)c(O)c(C=O)c1O. The van der Waals surface area contributed by atoms with E-state index < -0.39 is 104 Å². The Bertz CT molecular complexity index is 1790. The molecule has 0 spiro atoms. The molecule has 3 aromatic carbocycles. The Labute approximate surface area is 247 Å². The van der Waals surface area contributed by atoms with Gasteiger partial charge in [-0.15, -0.1) is 0 Å². The van der Waals surface area contributed by atoms with Gasteiger partial charge < -0.3 is 49.6 Å². The highest BCUT2D eigenvalue weighted by atomic mass is 16.6. The van der Waals surface area contributed by atoms with E-state index in [0.29, 0.717) is 0 Å². The number of aromatic hydroxyl groups is 5. The molecule has 0 aromatic heterocycles. The quantitative estimate of drug-likeness (QED) is 0.122. The zero-order valence-corrected chi connectivity index (χ0v) is 23.4. The minimum absolute atomic E-state index is 0.0459. The molecule has 0 unspecified atom stereocenters. The highest BCUT2D eigenvalue weighted by molar-refractivity contribution is 6.02. The lowest BCUT2D eigenvalue weighted by Gasteiger charge is -2.21. The standard InChI is InChI=1S/C29H24O15/c1-9-5-15(32)13(7-30)24(16(9)26(37)41-3)43-25-19-18(28(39)44-29(19)40)21(34)12(23(25)36)6-11-10(2)17(27(38)42-4)22(35)14(8-31)20(11)33/h5,7-8,29,32-36,40H,6H2,1-4H3/t29-/m0/s1. The lowest BCUT2D eigenvalue weighted by atomic mass is 9.89. The molecular weight excluding hydrogens is 588 g/mol. The van der Waals surface area contributed by atoms with E-state index >= 15 is 0 Å². The Morgan fingerprint density at radius 1 is 0.841 bits per heavy atom. The van der Waals surface area contributed by atoms with Crippen LogP contribution in [-0.4, -0.2) is 75.3 Å². The van der Waals surface area contributed by atoms with Gasteiger partial charge >= 0.3 is 17.9 Å². The summed E-state index contributed by atoms with van der Waals surface area (Å²) in [5, 5.41) is 64.7. The lowest BCUT2D eigenvalue weighted by molar-refractivity contribution is -0.0555. The summed E-state index contributed by atoms with van der Waals surface area (Å²) in [6.07, 6.45) is -2.71. The molecule has 44 heavy (non-hydrogen) atoms. The van der Waals surface area contributed by atoms with Crippen molar-refractivity contribution in [2.45, 2.75) is 26.6 Å². The monoisotopic (exact) mass is 612 g/mol. The third kappa shape index (κ3) is 4.64. The van der Waals surface area contributed by atoms with Crippen LogP contribution in [0.1, 0.15) is 85.9 Å². The van der Waals surface area contributed by atoms with Crippen LogP contribution in [0.4, 0.5) is 0 Å². The fraction of sp³-hybridized carbons (Fsp3) is 0.207. The molecule has 1 heterocycles. The molecule has 0 fully saturated rings. The molecule has 1 atom stereocenters. The second kappa shape index (κ2) is 11.4. The highest BCUT2D eigenvalue weighted by Crippen LogP contribution is 2.53. The van der Waals surface area contributed by atoms with E-state index in [9.17, 15) is 54.6 Å². The largest absolute Gasteiger partial charge is 0.507 e. The van der Waals surface area contributed by atoms with Gasteiger partial charge in [-0.1, -0.05) is 0 Å². The van der Waals surface area contributed by atoms with Gasteiger partial charge in [0.25, 0.3) is 0 Å². The van der Waals surface area contributed by atoms with Crippen molar-refractivity contribution >= 4 is 30.5 Å². The molecule has 15 heteroatoms. The second-order valence-corrected chi connectivity index (χ2v) is 9.47. The number of aryl methyl sites for hydroxylation is 1. The van der Waals surface area contributed by atoms with E-state index in [0.717, 1.165) is 20.3 Å². The third-order valence-corrected chi connectivity index (χ3v) is 7.14. The summed E-state index contributed by atoms with van der Waals surface area (Å²) in [5.74, 6) is -9.30. The Morgan fingerprint density at radius 3 is 2.00 bits per heavy atom. The van der Waals surface area contributed by atoms with Gasteiger partial charge in [0.2, 0.25) is 6.29 Å². The average molecular weight is 612 g/mol. The number of hydrogen-bond acceptors (Lipinski definition) is 15. The molecule has 1 aliphatic rings. The summed E-state index contributed by atoms with van der Waals surface area (Å²) in [6.45, 7) is 2.61. The number of hydrogen-bond donors (Lipinski definition) is 6. The van der Waals surface area contributed by atoms with Gasteiger partial charge in [-0.2, -0.15) is 0 Å². The first-order valence-electron chi connectivity index (χ1n) is 12.4. The lowest BCUT2D eigenvalue weighted by Crippen LogP contribution is -2.11. The van der Waals surface area contributed by atoms with Crippen molar-refractivity contribution < 1.29 is 73.6 Å². The molecule has 4 rings (SSSR count). The van der Waals surface area contributed by atoms with E-state index in [4.69, 9.17) is 14.2 Å². The van der Waals surface area contributed by atoms with E-state index in [-0.39, 0.29) is 34.8 Å². The van der Waals surface area contributed by atoms with Crippen molar-refractivity contribution in [3.05, 3.63) is 61.7 Å². The van der Waals surface area contributed by atoms with Crippen molar-refractivity contribution in [3.63, 3.8) is 0 Å². The van der Waals surface area contributed by atoms with Gasteiger partial charge in [0.1, 0.15) is 39.7 Å². The molecular formula is C29H24O15. The van der Waals surface area contributed by atoms with Crippen molar-refractivity contribution in [2.24, 2.45) is 0 Å².